The molecule has 2 heterocycles. The molecule has 0 saturated heterocycles. The van der Waals surface area contributed by atoms with Gasteiger partial charge in [-0.2, -0.15) is 5.10 Å². The molecule has 3 rings (SSSR count). The molecule has 1 N–H and O–H groups in total. The van der Waals surface area contributed by atoms with Gasteiger partial charge < -0.3 is 9.84 Å². The lowest BCUT2D eigenvalue weighted by atomic mass is 9.96. The van der Waals surface area contributed by atoms with Gasteiger partial charge in [-0.25, -0.2) is 4.39 Å². The first-order valence-corrected chi connectivity index (χ1v) is 6.84. The first-order chi connectivity index (χ1) is 9.67. The molecule has 2 unspecified atom stereocenters. The Labute approximate surface area is 116 Å². The number of hydrogen-bond donors (Lipinski definition) is 1. The van der Waals surface area contributed by atoms with E-state index in [1.54, 1.807) is 12.3 Å². The van der Waals surface area contributed by atoms with Crippen LogP contribution in [0.2, 0.25) is 0 Å². The molecular formula is C15H17FN2O2. The molecule has 20 heavy (non-hydrogen) atoms. The molecule has 0 saturated carbocycles. The summed E-state index contributed by atoms with van der Waals surface area (Å²) in [6.45, 7) is 2.93. The molecule has 0 spiro atoms. The quantitative estimate of drug-likeness (QED) is 0.937. The fourth-order valence-corrected chi connectivity index (χ4v) is 2.52. The second-order valence-electron chi connectivity index (χ2n) is 5.08. The number of aryl methyl sites for hydroxylation is 1. The van der Waals surface area contributed by atoms with E-state index in [1.165, 1.54) is 12.1 Å². The van der Waals surface area contributed by atoms with Crippen molar-refractivity contribution < 1.29 is 14.2 Å². The zero-order valence-corrected chi connectivity index (χ0v) is 11.3. The average molecular weight is 276 g/mol. The highest BCUT2D eigenvalue weighted by Gasteiger charge is 2.29. The summed E-state index contributed by atoms with van der Waals surface area (Å²) in [5.74, 6) is 0.0512. The molecule has 0 aliphatic carbocycles. The highest BCUT2D eigenvalue weighted by Crippen LogP contribution is 2.40. The van der Waals surface area contributed by atoms with E-state index in [1.807, 2.05) is 10.9 Å². The number of ether oxygens (including phenoxy) is 1. The van der Waals surface area contributed by atoms with E-state index >= 15 is 0 Å². The maximum atomic E-state index is 13.3. The van der Waals surface area contributed by atoms with Crippen LogP contribution >= 0.6 is 0 Å². The topological polar surface area (TPSA) is 47.3 Å². The molecule has 0 radical (unpaired) electrons. The van der Waals surface area contributed by atoms with Crippen molar-refractivity contribution in [2.24, 2.45) is 0 Å². The fraction of sp³-hybridized carbons (Fsp3) is 0.400. The monoisotopic (exact) mass is 276 g/mol. The van der Waals surface area contributed by atoms with Gasteiger partial charge in [0, 0.05) is 36.4 Å². The number of halogens is 1. The summed E-state index contributed by atoms with van der Waals surface area (Å²) in [5, 5.41) is 14.4. The molecule has 1 aliphatic rings. The lowest BCUT2D eigenvalue weighted by Gasteiger charge is -2.29. The number of benzene rings is 1. The molecule has 1 aromatic heterocycles. The molecule has 2 aromatic rings. The van der Waals surface area contributed by atoms with Gasteiger partial charge in [0.1, 0.15) is 17.7 Å². The van der Waals surface area contributed by atoms with E-state index in [-0.39, 0.29) is 11.9 Å². The van der Waals surface area contributed by atoms with Gasteiger partial charge in [0.05, 0.1) is 12.3 Å². The molecule has 1 aromatic carbocycles. The standard InChI is InChI=1S/C15H17FN2O2/c1-2-5-18-9-10(8-17-18)14-7-13(19)12-4-3-11(16)6-15(12)20-14/h3-4,6,8-9,13-14,19H,2,5,7H2,1H3. The van der Waals surface area contributed by atoms with Crippen molar-refractivity contribution in [1.82, 2.24) is 9.78 Å². The van der Waals surface area contributed by atoms with E-state index < -0.39 is 6.10 Å². The third-order valence-electron chi connectivity index (χ3n) is 3.52. The summed E-state index contributed by atoms with van der Waals surface area (Å²) >= 11 is 0. The number of nitrogens with zero attached hydrogens (tertiary/aromatic N) is 2. The molecule has 106 valence electrons. The van der Waals surface area contributed by atoms with Crippen molar-refractivity contribution in [3.63, 3.8) is 0 Å². The summed E-state index contributed by atoms with van der Waals surface area (Å²) in [6.07, 6.45) is 4.20. The van der Waals surface area contributed by atoms with Crippen LogP contribution in [0.4, 0.5) is 4.39 Å². The molecule has 2 atom stereocenters. The smallest absolute Gasteiger partial charge is 0.130 e. The Bertz CT molecular complexity index is 612. The Morgan fingerprint density at radius 3 is 3.15 bits per heavy atom. The van der Waals surface area contributed by atoms with E-state index in [9.17, 15) is 9.50 Å². The molecule has 0 fully saturated rings. The predicted octanol–water partition coefficient (Wildman–Crippen LogP) is 2.99. The Morgan fingerprint density at radius 2 is 2.35 bits per heavy atom. The minimum atomic E-state index is -0.640. The normalized spacial score (nSPS) is 21.4. The average Bonchev–Trinajstić information content (AvgIpc) is 2.87. The Kier molecular flexibility index (Phi) is 3.44. The van der Waals surface area contributed by atoms with Crippen molar-refractivity contribution in [3.8, 4) is 5.75 Å². The Hall–Kier alpha value is -1.88. The van der Waals surface area contributed by atoms with Gasteiger partial charge in [0.2, 0.25) is 0 Å². The van der Waals surface area contributed by atoms with Gasteiger partial charge in [0.15, 0.2) is 0 Å². The van der Waals surface area contributed by atoms with Crippen LogP contribution in [-0.4, -0.2) is 14.9 Å². The second-order valence-corrected chi connectivity index (χ2v) is 5.08. The number of fused-ring (bicyclic) bond motifs is 1. The third kappa shape index (κ3) is 2.41. The van der Waals surface area contributed by atoms with Crippen LogP contribution in [0, 0.1) is 5.82 Å². The van der Waals surface area contributed by atoms with Crippen LogP contribution in [-0.2, 0) is 6.54 Å². The van der Waals surface area contributed by atoms with Gasteiger partial charge in [-0.15, -0.1) is 0 Å². The molecular weight excluding hydrogens is 259 g/mol. The van der Waals surface area contributed by atoms with Crippen LogP contribution < -0.4 is 4.74 Å². The lowest BCUT2D eigenvalue weighted by molar-refractivity contribution is 0.0653. The first kappa shape index (κ1) is 13.1. The van der Waals surface area contributed by atoms with E-state index in [0.29, 0.717) is 17.7 Å². The van der Waals surface area contributed by atoms with Crippen molar-refractivity contribution in [1.29, 1.82) is 0 Å². The highest BCUT2D eigenvalue weighted by atomic mass is 19.1. The number of rotatable bonds is 3. The fourth-order valence-electron chi connectivity index (χ4n) is 2.52. The maximum Gasteiger partial charge on any atom is 0.130 e. The minimum absolute atomic E-state index is 0.287. The van der Waals surface area contributed by atoms with Crippen LogP contribution in [0.25, 0.3) is 0 Å². The molecule has 5 heteroatoms. The Balaban J connectivity index is 1.86. The second kappa shape index (κ2) is 5.25. The van der Waals surface area contributed by atoms with Crippen molar-refractivity contribution >= 4 is 0 Å². The number of aliphatic hydroxyl groups excluding tert-OH is 1. The third-order valence-corrected chi connectivity index (χ3v) is 3.52. The van der Waals surface area contributed by atoms with E-state index in [2.05, 4.69) is 12.0 Å². The van der Waals surface area contributed by atoms with Crippen molar-refractivity contribution in [3.05, 3.63) is 47.5 Å². The summed E-state index contributed by atoms with van der Waals surface area (Å²) in [7, 11) is 0. The number of aliphatic hydroxyl groups is 1. The SMILES string of the molecule is CCCn1cc(C2CC(O)c3ccc(F)cc3O2)cn1. The molecule has 0 amide bonds. The summed E-state index contributed by atoms with van der Waals surface area (Å²) in [6, 6.07) is 4.23. The van der Waals surface area contributed by atoms with E-state index in [4.69, 9.17) is 4.74 Å². The maximum absolute atomic E-state index is 13.3. The highest BCUT2D eigenvalue weighted by molar-refractivity contribution is 5.38. The van der Waals surface area contributed by atoms with E-state index in [0.717, 1.165) is 18.5 Å². The largest absolute Gasteiger partial charge is 0.485 e. The molecule has 0 bridgehead atoms. The lowest BCUT2D eigenvalue weighted by Crippen LogP contribution is -2.18. The van der Waals surface area contributed by atoms with Gasteiger partial charge in [-0.3, -0.25) is 4.68 Å². The predicted molar refractivity (Wildman–Crippen MR) is 71.9 cm³/mol. The summed E-state index contributed by atoms with van der Waals surface area (Å²) in [4.78, 5) is 0. The van der Waals surface area contributed by atoms with Crippen molar-refractivity contribution in [2.45, 2.75) is 38.5 Å². The van der Waals surface area contributed by atoms with Crippen molar-refractivity contribution in [2.75, 3.05) is 0 Å². The van der Waals surface area contributed by atoms with Crippen LogP contribution in [0.1, 0.15) is 43.1 Å². The van der Waals surface area contributed by atoms with Gasteiger partial charge in [-0.05, 0) is 18.6 Å². The number of aromatic nitrogens is 2. The number of hydrogen-bond acceptors (Lipinski definition) is 3. The molecule has 4 nitrogen and oxygen atoms in total. The van der Waals surface area contributed by atoms with Gasteiger partial charge >= 0.3 is 0 Å². The zero-order chi connectivity index (χ0) is 14.1. The van der Waals surface area contributed by atoms with Gasteiger partial charge in [0.25, 0.3) is 0 Å². The van der Waals surface area contributed by atoms with Crippen LogP contribution in [0.3, 0.4) is 0 Å². The van der Waals surface area contributed by atoms with Crippen LogP contribution in [0.15, 0.2) is 30.6 Å². The minimum Gasteiger partial charge on any atom is -0.485 e. The Morgan fingerprint density at radius 1 is 1.50 bits per heavy atom. The summed E-state index contributed by atoms with van der Waals surface area (Å²) < 4.78 is 20.9. The molecule has 1 aliphatic heterocycles. The zero-order valence-electron chi connectivity index (χ0n) is 11.3. The van der Waals surface area contributed by atoms with Crippen LogP contribution in [0.5, 0.6) is 5.75 Å². The summed E-state index contributed by atoms with van der Waals surface area (Å²) in [5.41, 5.74) is 1.55. The van der Waals surface area contributed by atoms with Gasteiger partial charge in [-0.1, -0.05) is 6.92 Å². The first-order valence-electron chi connectivity index (χ1n) is 6.84.